The van der Waals surface area contributed by atoms with Crippen molar-refractivity contribution in [1.29, 1.82) is 0 Å². The molecule has 0 radical (unpaired) electrons. The van der Waals surface area contributed by atoms with Gasteiger partial charge in [-0.15, -0.1) is 0 Å². The predicted octanol–water partition coefficient (Wildman–Crippen LogP) is 1.63. The average Bonchev–Trinajstić information content (AvgIpc) is 2.92. The first-order chi connectivity index (χ1) is 17.4. The molecule has 1 aliphatic rings. The highest BCUT2D eigenvalue weighted by Crippen LogP contribution is 2.22. The second-order valence-corrected chi connectivity index (χ2v) is 8.62. The van der Waals surface area contributed by atoms with Crippen LogP contribution >= 0.6 is 0 Å². The molecular formula is C26H29N5O5. The van der Waals surface area contributed by atoms with E-state index < -0.39 is 24.0 Å². The van der Waals surface area contributed by atoms with Gasteiger partial charge in [0.05, 0.1) is 43.1 Å². The van der Waals surface area contributed by atoms with Crippen LogP contribution in [0.2, 0.25) is 0 Å². The third kappa shape index (κ3) is 6.29. The zero-order valence-electron chi connectivity index (χ0n) is 19.9. The predicted molar refractivity (Wildman–Crippen MR) is 132 cm³/mol. The lowest BCUT2D eigenvalue weighted by Gasteiger charge is -2.26. The van der Waals surface area contributed by atoms with Crippen molar-refractivity contribution in [2.45, 2.75) is 25.6 Å². The number of carbonyl (C=O) groups is 2. The van der Waals surface area contributed by atoms with Crippen LogP contribution in [0.25, 0.3) is 22.5 Å². The summed E-state index contributed by atoms with van der Waals surface area (Å²) in [6.07, 6.45) is 2.21. The van der Waals surface area contributed by atoms with Crippen LogP contribution < -0.4 is 10.8 Å². The van der Waals surface area contributed by atoms with Gasteiger partial charge in [0.25, 0.3) is 11.8 Å². The summed E-state index contributed by atoms with van der Waals surface area (Å²) in [6.45, 7) is 5.70. The van der Waals surface area contributed by atoms with Crippen LogP contribution in [0.4, 0.5) is 0 Å². The lowest BCUT2D eigenvalue weighted by atomic mass is 10.1. The Hall–Kier alpha value is -3.70. The van der Waals surface area contributed by atoms with Crippen LogP contribution in [0.5, 0.6) is 0 Å². The number of rotatable bonds is 8. The molecule has 36 heavy (non-hydrogen) atoms. The van der Waals surface area contributed by atoms with Crippen molar-refractivity contribution in [1.82, 2.24) is 25.7 Å². The Morgan fingerprint density at radius 3 is 2.03 bits per heavy atom. The van der Waals surface area contributed by atoms with Gasteiger partial charge in [-0.1, -0.05) is 36.4 Å². The van der Waals surface area contributed by atoms with Crippen LogP contribution in [0, 0.1) is 0 Å². The molecule has 2 heterocycles. The number of aromatic nitrogens is 2. The van der Waals surface area contributed by atoms with Gasteiger partial charge in [-0.25, -0.2) is 5.48 Å². The molecule has 3 aromatic rings. The van der Waals surface area contributed by atoms with Gasteiger partial charge in [0, 0.05) is 36.3 Å². The van der Waals surface area contributed by atoms with Crippen LogP contribution in [-0.2, 0) is 16.1 Å². The molecule has 2 atom stereocenters. The quantitative estimate of drug-likeness (QED) is 0.276. The molecule has 1 fully saturated rings. The summed E-state index contributed by atoms with van der Waals surface area (Å²) in [7, 11) is 0. The van der Waals surface area contributed by atoms with Gasteiger partial charge in [-0.05, 0) is 24.6 Å². The molecular weight excluding hydrogens is 462 g/mol. The number of hydrogen-bond donors (Lipinski definition) is 4. The van der Waals surface area contributed by atoms with Crippen LogP contribution in [0.15, 0.2) is 60.9 Å². The minimum atomic E-state index is -1.28. The van der Waals surface area contributed by atoms with E-state index in [1.807, 2.05) is 12.1 Å². The molecule has 2 amide bonds. The van der Waals surface area contributed by atoms with Gasteiger partial charge < -0.3 is 15.2 Å². The van der Waals surface area contributed by atoms with E-state index in [1.165, 1.54) is 18.0 Å². The Morgan fingerprint density at radius 2 is 1.53 bits per heavy atom. The Morgan fingerprint density at radius 1 is 0.972 bits per heavy atom. The standard InChI is InChI=1S/C26H29N5O5/c1-17(32)24(26(34)30-35)29-25(33)21-8-6-20(7-9-21)23-15-27-22(14-28-23)19-4-2-18(3-5-19)16-31-10-12-36-13-11-31/h2-9,14-15,17,24,32,35H,10-13,16H2,1H3,(H,29,33)(H,30,34)/t17-,24+/m1/s1. The fraction of sp³-hybridized carbons (Fsp3) is 0.308. The number of nitrogens with zero attached hydrogens (tertiary/aromatic N) is 3. The van der Waals surface area contributed by atoms with E-state index in [4.69, 9.17) is 9.94 Å². The molecule has 1 aliphatic heterocycles. The molecule has 1 aromatic heterocycles. The number of carbonyl (C=O) groups excluding carboxylic acids is 2. The molecule has 4 rings (SSSR count). The fourth-order valence-corrected chi connectivity index (χ4v) is 3.92. The van der Waals surface area contributed by atoms with Crippen molar-refractivity contribution in [3.05, 3.63) is 72.1 Å². The van der Waals surface area contributed by atoms with E-state index in [2.05, 4.69) is 32.3 Å². The molecule has 0 unspecified atom stereocenters. The van der Waals surface area contributed by atoms with E-state index in [9.17, 15) is 14.7 Å². The lowest BCUT2D eigenvalue weighted by Crippen LogP contribution is -2.51. The van der Waals surface area contributed by atoms with E-state index in [-0.39, 0.29) is 5.56 Å². The summed E-state index contributed by atoms with van der Waals surface area (Å²) in [6, 6.07) is 13.6. The zero-order chi connectivity index (χ0) is 25.5. The lowest BCUT2D eigenvalue weighted by molar-refractivity contribution is -0.133. The highest BCUT2D eigenvalue weighted by Gasteiger charge is 2.25. The molecule has 2 aromatic carbocycles. The summed E-state index contributed by atoms with van der Waals surface area (Å²) in [5, 5.41) is 20.9. The number of aliphatic hydroxyl groups excluding tert-OH is 1. The highest BCUT2D eigenvalue weighted by atomic mass is 16.5. The largest absolute Gasteiger partial charge is 0.391 e. The van der Waals surface area contributed by atoms with E-state index in [1.54, 1.807) is 36.7 Å². The third-order valence-corrected chi connectivity index (χ3v) is 6.02. The first-order valence-electron chi connectivity index (χ1n) is 11.7. The van der Waals surface area contributed by atoms with Crippen molar-refractivity contribution in [3.63, 3.8) is 0 Å². The normalized spacial score (nSPS) is 15.6. The smallest absolute Gasteiger partial charge is 0.268 e. The SMILES string of the molecule is C[C@@H](O)[C@H](NC(=O)c1ccc(-c2cnc(-c3ccc(CN4CCOCC4)cc3)cn2)cc1)C(=O)NO. The van der Waals surface area contributed by atoms with E-state index in [0.29, 0.717) is 5.69 Å². The maximum absolute atomic E-state index is 12.4. The van der Waals surface area contributed by atoms with Crippen molar-refractivity contribution in [2.75, 3.05) is 26.3 Å². The Bertz CT molecular complexity index is 1160. The monoisotopic (exact) mass is 491 g/mol. The number of aliphatic hydroxyl groups is 1. The second-order valence-electron chi connectivity index (χ2n) is 8.62. The molecule has 0 saturated carbocycles. The van der Waals surface area contributed by atoms with Crippen molar-refractivity contribution in [2.24, 2.45) is 0 Å². The van der Waals surface area contributed by atoms with Crippen molar-refractivity contribution >= 4 is 11.8 Å². The first kappa shape index (κ1) is 25.4. The molecule has 188 valence electrons. The maximum Gasteiger partial charge on any atom is 0.268 e. The maximum atomic E-state index is 12.4. The average molecular weight is 492 g/mol. The highest BCUT2D eigenvalue weighted by molar-refractivity contribution is 5.97. The number of hydrogen-bond acceptors (Lipinski definition) is 8. The molecule has 0 aliphatic carbocycles. The number of hydroxylamine groups is 1. The molecule has 10 nitrogen and oxygen atoms in total. The number of benzene rings is 2. The summed E-state index contributed by atoms with van der Waals surface area (Å²) in [5.74, 6) is -1.47. The van der Waals surface area contributed by atoms with Gasteiger partial charge in [-0.3, -0.25) is 29.7 Å². The van der Waals surface area contributed by atoms with Gasteiger partial charge in [0.1, 0.15) is 6.04 Å². The van der Waals surface area contributed by atoms with E-state index in [0.717, 1.165) is 49.7 Å². The Labute approximate surface area is 208 Å². The minimum absolute atomic E-state index is 0.289. The van der Waals surface area contributed by atoms with Crippen molar-refractivity contribution in [3.8, 4) is 22.5 Å². The third-order valence-electron chi connectivity index (χ3n) is 6.02. The van der Waals surface area contributed by atoms with Crippen LogP contribution in [0.3, 0.4) is 0 Å². The summed E-state index contributed by atoms with van der Waals surface area (Å²) in [4.78, 5) is 35.5. The summed E-state index contributed by atoms with van der Waals surface area (Å²) >= 11 is 0. The topological polar surface area (TPSA) is 137 Å². The second kappa shape index (κ2) is 11.8. The first-order valence-corrected chi connectivity index (χ1v) is 11.7. The van der Waals surface area contributed by atoms with Gasteiger partial charge in [0.2, 0.25) is 0 Å². The zero-order valence-corrected chi connectivity index (χ0v) is 19.9. The Balaban J connectivity index is 1.39. The van der Waals surface area contributed by atoms with Crippen LogP contribution in [0.1, 0.15) is 22.8 Å². The molecule has 10 heteroatoms. The minimum Gasteiger partial charge on any atom is -0.391 e. The summed E-state index contributed by atoms with van der Waals surface area (Å²) in [5.41, 5.74) is 6.13. The van der Waals surface area contributed by atoms with Gasteiger partial charge in [0.15, 0.2) is 0 Å². The Kier molecular flexibility index (Phi) is 8.34. The number of nitrogens with one attached hydrogen (secondary N) is 2. The van der Waals surface area contributed by atoms with E-state index >= 15 is 0 Å². The molecule has 0 spiro atoms. The number of morpholine rings is 1. The van der Waals surface area contributed by atoms with Gasteiger partial charge >= 0.3 is 0 Å². The summed E-state index contributed by atoms with van der Waals surface area (Å²) < 4.78 is 5.40. The van der Waals surface area contributed by atoms with Crippen molar-refractivity contribution < 1.29 is 24.6 Å². The molecule has 0 bridgehead atoms. The van der Waals surface area contributed by atoms with Crippen LogP contribution in [-0.4, -0.2) is 75.4 Å². The number of ether oxygens (including phenoxy) is 1. The molecule has 1 saturated heterocycles. The molecule has 4 N–H and O–H groups in total. The number of amides is 2. The van der Waals surface area contributed by atoms with Gasteiger partial charge in [-0.2, -0.15) is 0 Å². The fourth-order valence-electron chi connectivity index (χ4n) is 3.92.